The van der Waals surface area contributed by atoms with Crippen LogP contribution in [0.25, 0.3) is 16.7 Å². The van der Waals surface area contributed by atoms with Gasteiger partial charge < -0.3 is 14.7 Å². The molecule has 0 aliphatic heterocycles. The van der Waals surface area contributed by atoms with Crippen LogP contribution >= 0.6 is 0 Å². The second kappa shape index (κ2) is 8.89. The van der Waals surface area contributed by atoms with Gasteiger partial charge in [-0.3, -0.25) is 4.79 Å². The Hall–Kier alpha value is -3.56. The molecule has 3 aromatic heterocycles. The van der Waals surface area contributed by atoms with Crippen LogP contribution in [0.3, 0.4) is 0 Å². The number of carbonyl (C=O) groups excluding carboxylic acids is 1. The van der Waals surface area contributed by atoms with Crippen LogP contribution in [-0.4, -0.2) is 48.8 Å². The van der Waals surface area contributed by atoms with Gasteiger partial charge in [0.05, 0.1) is 19.3 Å². The Bertz CT molecular complexity index is 1270. The fraction of sp³-hybridized carbons (Fsp3) is 0.304. The fourth-order valence-corrected chi connectivity index (χ4v) is 3.68. The fourth-order valence-electron chi connectivity index (χ4n) is 3.68. The summed E-state index contributed by atoms with van der Waals surface area (Å²) in [4.78, 5) is 26.3. The summed E-state index contributed by atoms with van der Waals surface area (Å²) in [7, 11) is 3.60. The third-order valence-electron chi connectivity index (χ3n) is 5.46. The van der Waals surface area contributed by atoms with Crippen molar-refractivity contribution in [2.24, 2.45) is 7.05 Å². The average Bonchev–Trinajstić information content (AvgIpc) is 3.31. The largest absolute Gasteiger partial charge is 0.350 e. The molecule has 4 aromatic rings. The summed E-state index contributed by atoms with van der Waals surface area (Å²) in [6.07, 6.45) is 5.50. The lowest BCUT2D eigenvalue weighted by Crippen LogP contribution is -2.21. The molecule has 0 radical (unpaired) electrons. The predicted octanol–water partition coefficient (Wildman–Crippen LogP) is 3.79. The highest BCUT2D eigenvalue weighted by atomic mass is 16.7. The number of nitrogens with zero attached hydrogens (tertiary/aromatic N) is 6. The minimum Gasteiger partial charge on any atom is -0.350 e. The van der Waals surface area contributed by atoms with Gasteiger partial charge in [0.25, 0.3) is 0 Å². The van der Waals surface area contributed by atoms with Crippen molar-refractivity contribution in [1.82, 2.24) is 29.4 Å². The molecule has 1 N–H and O–H groups in total. The quantitative estimate of drug-likeness (QED) is 0.334. The van der Waals surface area contributed by atoms with Gasteiger partial charge in [-0.15, -0.1) is 0 Å². The monoisotopic (exact) mass is 433 g/mol. The third kappa shape index (κ3) is 4.25. The van der Waals surface area contributed by atoms with Crippen LogP contribution in [0.15, 0.2) is 42.9 Å². The summed E-state index contributed by atoms with van der Waals surface area (Å²) < 4.78 is 3.70. The summed E-state index contributed by atoms with van der Waals surface area (Å²) in [6.45, 7) is 7.01. The molecular weight excluding hydrogens is 406 g/mol. The highest BCUT2D eigenvalue weighted by Gasteiger charge is 2.13. The van der Waals surface area contributed by atoms with Crippen molar-refractivity contribution in [3.8, 4) is 5.82 Å². The number of hydrogen-bond donors (Lipinski definition) is 1. The van der Waals surface area contributed by atoms with E-state index in [1.165, 1.54) is 0 Å². The number of hydrogen-bond acceptors (Lipinski definition) is 7. The van der Waals surface area contributed by atoms with Crippen molar-refractivity contribution in [3.63, 3.8) is 0 Å². The number of nitrogens with one attached hydrogen (secondary N) is 1. The van der Waals surface area contributed by atoms with E-state index in [-0.39, 0.29) is 5.78 Å². The molecule has 0 amide bonds. The molecule has 0 saturated carbocycles. The molecule has 1 aromatic carbocycles. The molecule has 3 heterocycles. The first-order chi connectivity index (χ1) is 15.4. The normalized spacial score (nSPS) is 11.4. The standard InChI is InChI=1S/C23H27N7O2/c1-6-29(32-5)12-17-13-30(27-15(17)2)22-9-10-24-23(26-22)25-18-7-8-21-19(11-18)20(16(3)31)14-28(21)4/h7-11,13-14H,6,12H2,1-5H3,(H,24,25,26). The van der Waals surface area contributed by atoms with E-state index in [2.05, 4.69) is 20.4 Å². The number of benzene rings is 1. The minimum atomic E-state index is 0.0333. The molecule has 0 spiro atoms. The van der Waals surface area contributed by atoms with Gasteiger partial charge in [-0.25, -0.2) is 9.67 Å². The second-order valence-corrected chi connectivity index (χ2v) is 7.63. The molecule has 9 heteroatoms. The van der Waals surface area contributed by atoms with Crippen LogP contribution in [0.5, 0.6) is 0 Å². The number of hydroxylamine groups is 2. The van der Waals surface area contributed by atoms with Crippen molar-refractivity contribution in [3.05, 3.63) is 59.7 Å². The average molecular weight is 434 g/mol. The van der Waals surface area contributed by atoms with E-state index in [0.717, 1.165) is 34.4 Å². The van der Waals surface area contributed by atoms with Gasteiger partial charge in [0.2, 0.25) is 5.95 Å². The first-order valence-corrected chi connectivity index (χ1v) is 10.4. The third-order valence-corrected chi connectivity index (χ3v) is 5.46. The van der Waals surface area contributed by atoms with Crippen molar-refractivity contribution < 1.29 is 9.63 Å². The molecule has 166 valence electrons. The number of aryl methyl sites for hydroxylation is 2. The summed E-state index contributed by atoms with van der Waals surface area (Å²) in [6, 6.07) is 7.68. The van der Waals surface area contributed by atoms with Crippen LogP contribution in [0.2, 0.25) is 0 Å². The maximum atomic E-state index is 12.0. The highest BCUT2D eigenvalue weighted by Crippen LogP contribution is 2.26. The number of ketones is 1. The Balaban J connectivity index is 1.60. The lowest BCUT2D eigenvalue weighted by atomic mass is 10.1. The van der Waals surface area contributed by atoms with E-state index in [1.807, 2.05) is 67.2 Å². The zero-order valence-corrected chi connectivity index (χ0v) is 19.0. The smallest absolute Gasteiger partial charge is 0.229 e. The number of anilines is 2. The first-order valence-electron chi connectivity index (χ1n) is 10.4. The molecule has 0 atom stereocenters. The topological polar surface area (TPSA) is 90.1 Å². The Morgan fingerprint density at radius 2 is 2.06 bits per heavy atom. The van der Waals surface area contributed by atoms with Crippen molar-refractivity contribution in [2.75, 3.05) is 19.0 Å². The Morgan fingerprint density at radius 1 is 1.25 bits per heavy atom. The van der Waals surface area contributed by atoms with Crippen molar-refractivity contribution in [2.45, 2.75) is 27.3 Å². The maximum Gasteiger partial charge on any atom is 0.229 e. The summed E-state index contributed by atoms with van der Waals surface area (Å²) >= 11 is 0. The van der Waals surface area contributed by atoms with Crippen LogP contribution in [0.4, 0.5) is 11.6 Å². The molecular formula is C23H27N7O2. The molecule has 0 aliphatic carbocycles. The molecule has 0 saturated heterocycles. The molecule has 32 heavy (non-hydrogen) atoms. The Morgan fingerprint density at radius 3 is 2.78 bits per heavy atom. The van der Waals surface area contributed by atoms with E-state index in [0.29, 0.717) is 23.9 Å². The number of carbonyl (C=O) groups is 1. The number of aromatic nitrogens is 5. The van der Waals surface area contributed by atoms with Gasteiger partial charge in [0.1, 0.15) is 0 Å². The van der Waals surface area contributed by atoms with E-state index in [4.69, 9.17) is 4.84 Å². The van der Waals surface area contributed by atoms with E-state index < -0.39 is 0 Å². The van der Waals surface area contributed by atoms with Crippen LogP contribution in [0.1, 0.15) is 35.5 Å². The van der Waals surface area contributed by atoms with Crippen molar-refractivity contribution >= 4 is 28.3 Å². The predicted molar refractivity (Wildman–Crippen MR) is 123 cm³/mol. The number of rotatable bonds is 8. The lowest BCUT2D eigenvalue weighted by Gasteiger charge is -2.16. The van der Waals surface area contributed by atoms with Crippen LogP contribution in [-0.2, 0) is 18.4 Å². The van der Waals surface area contributed by atoms with Gasteiger partial charge in [-0.05, 0) is 32.0 Å². The Kier molecular flexibility index (Phi) is 6.02. The van der Waals surface area contributed by atoms with Gasteiger partial charge in [-0.1, -0.05) is 6.92 Å². The number of fused-ring (bicyclic) bond motifs is 1. The Labute approximate surface area is 186 Å². The van der Waals surface area contributed by atoms with Crippen LogP contribution in [0, 0.1) is 6.92 Å². The summed E-state index contributed by atoms with van der Waals surface area (Å²) in [5, 5.41) is 10.6. The first kappa shape index (κ1) is 21.7. The van der Waals surface area contributed by atoms with Gasteiger partial charge in [0, 0.05) is 66.0 Å². The molecule has 0 bridgehead atoms. The van der Waals surface area contributed by atoms with Gasteiger partial charge in [-0.2, -0.15) is 15.1 Å². The summed E-state index contributed by atoms with van der Waals surface area (Å²) in [5.41, 5.74) is 4.47. The molecule has 0 fully saturated rings. The van der Waals surface area contributed by atoms with E-state index in [1.54, 1.807) is 24.9 Å². The lowest BCUT2D eigenvalue weighted by molar-refractivity contribution is -0.135. The van der Waals surface area contributed by atoms with Gasteiger partial charge in [0.15, 0.2) is 11.6 Å². The maximum absolute atomic E-state index is 12.0. The van der Waals surface area contributed by atoms with Crippen LogP contribution < -0.4 is 5.32 Å². The second-order valence-electron chi connectivity index (χ2n) is 7.63. The molecule has 4 rings (SSSR count). The zero-order chi connectivity index (χ0) is 22.8. The molecule has 0 unspecified atom stereocenters. The highest BCUT2D eigenvalue weighted by molar-refractivity contribution is 6.07. The summed E-state index contributed by atoms with van der Waals surface area (Å²) in [5.74, 6) is 1.14. The molecule has 9 nitrogen and oxygen atoms in total. The van der Waals surface area contributed by atoms with E-state index >= 15 is 0 Å². The molecule has 0 aliphatic rings. The minimum absolute atomic E-state index is 0.0333. The van der Waals surface area contributed by atoms with Gasteiger partial charge >= 0.3 is 0 Å². The van der Waals surface area contributed by atoms with E-state index in [9.17, 15) is 4.79 Å². The SMILES string of the molecule is CCN(Cc1cn(-c2ccnc(Nc3ccc4c(c3)c(C(C)=O)cn4C)n2)nc1C)OC. The zero-order valence-electron chi connectivity index (χ0n) is 19.0. The number of Topliss-reactive ketones (excluding diaryl/α,β-unsaturated/α-hetero) is 1. The van der Waals surface area contributed by atoms with Crippen molar-refractivity contribution in [1.29, 1.82) is 0 Å².